The Morgan fingerprint density at radius 1 is 1.00 bits per heavy atom. The molecule has 2 nitrogen and oxygen atoms in total. The Balaban J connectivity index is 1.62. The minimum absolute atomic E-state index is 0.351. The Kier molecular flexibility index (Phi) is 9.27. The molecular weight excluding hydrogens is 294 g/mol. The fourth-order valence-corrected chi connectivity index (χ4v) is 3.65. The quantitative estimate of drug-likeness (QED) is 0.514. The lowest BCUT2D eigenvalue weighted by atomic mass is 9.90. The summed E-state index contributed by atoms with van der Waals surface area (Å²) >= 11 is 0. The molecule has 1 saturated carbocycles. The van der Waals surface area contributed by atoms with Crippen LogP contribution >= 0.6 is 0 Å². The van der Waals surface area contributed by atoms with E-state index in [1.54, 1.807) is 0 Å². The Hall–Kier alpha value is -1.02. The van der Waals surface area contributed by atoms with Crippen LogP contribution in [0.25, 0.3) is 0 Å². The largest absolute Gasteiger partial charge is 0.493 e. The monoisotopic (exact) mass is 331 g/mol. The molecule has 1 aromatic rings. The van der Waals surface area contributed by atoms with E-state index in [-0.39, 0.29) is 0 Å². The first-order chi connectivity index (χ1) is 11.8. The second kappa shape index (κ2) is 11.5. The van der Waals surface area contributed by atoms with Crippen LogP contribution in [0.4, 0.5) is 0 Å². The lowest BCUT2D eigenvalue weighted by Gasteiger charge is -2.21. The topological polar surface area (TPSA) is 35.2 Å². The lowest BCUT2D eigenvalue weighted by molar-refractivity contribution is 0.209. The second-order valence-electron chi connectivity index (χ2n) is 7.61. The normalized spacial score (nSPS) is 16.9. The number of benzene rings is 1. The highest BCUT2D eigenvalue weighted by atomic mass is 16.5. The van der Waals surface area contributed by atoms with Crippen LogP contribution in [-0.2, 0) is 6.42 Å². The summed E-state index contributed by atoms with van der Waals surface area (Å²) in [5.74, 6) is 1.79. The van der Waals surface area contributed by atoms with Crippen molar-refractivity contribution in [3.05, 3.63) is 29.8 Å². The van der Waals surface area contributed by atoms with E-state index in [0.717, 1.165) is 31.1 Å². The summed E-state index contributed by atoms with van der Waals surface area (Å²) in [7, 11) is 0. The number of nitrogens with two attached hydrogens (primary N) is 1. The average Bonchev–Trinajstić information content (AvgIpc) is 2.63. The second-order valence-corrected chi connectivity index (χ2v) is 7.61. The molecule has 1 aliphatic carbocycles. The molecule has 0 aliphatic heterocycles. The number of unbranched alkanes of at least 4 members (excludes halogenated alkanes) is 3. The molecule has 0 spiro atoms. The SMILES string of the molecule is CCCCCCC(N)CCc1ccc(OCC2CCCCC2)cc1. The first-order valence-electron chi connectivity index (χ1n) is 10.2. The molecule has 1 aliphatic rings. The van der Waals surface area contributed by atoms with Crippen molar-refractivity contribution in [2.24, 2.45) is 11.7 Å². The molecular formula is C22H37NO. The van der Waals surface area contributed by atoms with Gasteiger partial charge in [0.05, 0.1) is 6.61 Å². The van der Waals surface area contributed by atoms with E-state index in [2.05, 4.69) is 31.2 Å². The predicted molar refractivity (Wildman–Crippen MR) is 104 cm³/mol. The number of hydrogen-bond acceptors (Lipinski definition) is 2. The maximum atomic E-state index is 6.24. The molecule has 24 heavy (non-hydrogen) atoms. The van der Waals surface area contributed by atoms with Gasteiger partial charge in [-0.15, -0.1) is 0 Å². The molecule has 1 fully saturated rings. The maximum absolute atomic E-state index is 6.24. The molecule has 1 atom stereocenters. The van der Waals surface area contributed by atoms with Crippen molar-refractivity contribution in [3.63, 3.8) is 0 Å². The average molecular weight is 332 g/mol. The molecule has 0 bridgehead atoms. The molecule has 1 unspecified atom stereocenters. The Labute approximate surface area is 149 Å². The highest BCUT2D eigenvalue weighted by molar-refractivity contribution is 5.27. The van der Waals surface area contributed by atoms with Crippen molar-refractivity contribution in [3.8, 4) is 5.75 Å². The Bertz CT molecular complexity index is 422. The van der Waals surface area contributed by atoms with Crippen molar-refractivity contribution in [1.29, 1.82) is 0 Å². The highest BCUT2D eigenvalue weighted by Gasteiger charge is 2.13. The molecule has 0 heterocycles. The molecule has 2 N–H and O–H groups in total. The van der Waals surface area contributed by atoms with Gasteiger partial charge in [0, 0.05) is 6.04 Å². The number of aryl methyl sites for hydroxylation is 1. The van der Waals surface area contributed by atoms with Crippen LogP contribution in [0.15, 0.2) is 24.3 Å². The molecule has 136 valence electrons. The van der Waals surface area contributed by atoms with E-state index in [4.69, 9.17) is 10.5 Å². The Morgan fingerprint density at radius 2 is 1.75 bits per heavy atom. The minimum atomic E-state index is 0.351. The van der Waals surface area contributed by atoms with Gasteiger partial charge in [0.15, 0.2) is 0 Å². The molecule has 0 aromatic heterocycles. The first kappa shape index (κ1) is 19.3. The summed E-state index contributed by atoms with van der Waals surface area (Å²) in [6.07, 6.45) is 15.4. The van der Waals surface area contributed by atoms with Crippen molar-refractivity contribution in [1.82, 2.24) is 0 Å². The summed E-state index contributed by atoms with van der Waals surface area (Å²) in [5, 5.41) is 0. The van der Waals surface area contributed by atoms with E-state index >= 15 is 0 Å². The van der Waals surface area contributed by atoms with E-state index in [0.29, 0.717) is 6.04 Å². The van der Waals surface area contributed by atoms with Crippen LogP contribution in [0.5, 0.6) is 5.75 Å². The zero-order valence-corrected chi connectivity index (χ0v) is 15.6. The molecule has 0 saturated heterocycles. The predicted octanol–water partition coefficient (Wildman–Crippen LogP) is 5.88. The van der Waals surface area contributed by atoms with Crippen LogP contribution in [0.1, 0.15) is 83.1 Å². The number of ether oxygens (including phenoxy) is 1. The van der Waals surface area contributed by atoms with Crippen LogP contribution in [-0.4, -0.2) is 12.6 Å². The van der Waals surface area contributed by atoms with Crippen LogP contribution in [0.2, 0.25) is 0 Å². The maximum Gasteiger partial charge on any atom is 0.119 e. The van der Waals surface area contributed by atoms with Gasteiger partial charge in [-0.2, -0.15) is 0 Å². The third-order valence-electron chi connectivity index (χ3n) is 5.37. The Morgan fingerprint density at radius 3 is 2.46 bits per heavy atom. The number of hydrogen-bond donors (Lipinski definition) is 1. The molecule has 2 heteroatoms. The van der Waals surface area contributed by atoms with Gasteiger partial charge in [-0.1, -0.05) is 64.0 Å². The van der Waals surface area contributed by atoms with Gasteiger partial charge < -0.3 is 10.5 Å². The summed E-state index contributed by atoms with van der Waals surface area (Å²) in [6.45, 7) is 3.14. The highest BCUT2D eigenvalue weighted by Crippen LogP contribution is 2.24. The zero-order valence-electron chi connectivity index (χ0n) is 15.6. The van der Waals surface area contributed by atoms with E-state index < -0.39 is 0 Å². The minimum Gasteiger partial charge on any atom is -0.493 e. The number of rotatable bonds is 11. The van der Waals surface area contributed by atoms with Gasteiger partial charge in [0.1, 0.15) is 5.75 Å². The van der Waals surface area contributed by atoms with E-state index in [1.165, 1.54) is 69.8 Å². The summed E-state index contributed by atoms with van der Waals surface area (Å²) in [4.78, 5) is 0. The summed E-state index contributed by atoms with van der Waals surface area (Å²) in [5.41, 5.74) is 7.62. The summed E-state index contributed by atoms with van der Waals surface area (Å²) in [6, 6.07) is 9.03. The zero-order chi connectivity index (χ0) is 17.0. The van der Waals surface area contributed by atoms with Crippen LogP contribution in [0.3, 0.4) is 0 Å². The fraction of sp³-hybridized carbons (Fsp3) is 0.727. The van der Waals surface area contributed by atoms with Crippen molar-refractivity contribution < 1.29 is 4.74 Å². The molecule has 1 aromatic carbocycles. The van der Waals surface area contributed by atoms with E-state index in [1.807, 2.05) is 0 Å². The van der Waals surface area contributed by atoms with Crippen molar-refractivity contribution >= 4 is 0 Å². The van der Waals surface area contributed by atoms with Gasteiger partial charge in [-0.25, -0.2) is 0 Å². The van der Waals surface area contributed by atoms with Gasteiger partial charge in [0.25, 0.3) is 0 Å². The smallest absolute Gasteiger partial charge is 0.119 e. The van der Waals surface area contributed by atoms with Gasteiger partial charge in [-0.05, 0) is 55.7 Å². The van der Waals surface area contributed by atoms with Gasteiger partial charge >= 0.3 is 0 Å². The fourth-order valence-electron chi connectivity index (χ4n) is 3.65. The first-order valence-corrected chi connectivity index (χ1v) is 10.2. The van der Waals surface area contributed by atoms with Crippen LogP contribution in [0, 0.1) is 5.92 Å². The van der Waals surface area contributed by atoms with Crippen molar-refractivity contribution in [2.45, 2.75) is 90.0 Å². The van der Waals surface area contributed by atoms with Crippen molar-refractivity contribution in [2.75, 3.05) is 6.61 Å². The third-order valence-corrected chi connectivity index (χ3v) is 5.37. The van der Waals surface area contributed by atoms with E-state index in [9.17, 15) is 0 Å². The van der Waals surface area contributed by atoms with Gasteiger partial charge in [-0.3, -0.25) is 0 Å². The van der Waals surface area contributed by atoms with Gasteiger partial charge in [0.2, 0.25) is 0 Å². The lowest BCUT2D eigenvalue weighted by Crippen LogP contribution is -2.20. The third kappa shape index (κ3) is 7.70. The molecule has 2 rings (SSSR count). The molecule has 0 radical (unpaired) electrons. The summed E-state index contributed by atoms with van der Waals surface area (Å²) < 4.78 is 5.98. The van der Waals surface area contributed by atoms with Crippen LogP contribution < -0.4 is 10.5 Å². The molecule has 0 amide bonds. The standard InChI is InChI=1S/C22H37NO/c1-2-3-4-8-11-21(23)15-12-19-13-16-22(17-14-19)24-18-20-9-6-5-7-10-20/h13-14,16-17,20-21H,2-12,15,18,23H2,1H3.